The fourth-order valence-corrected chi connectivity index (χ4v) is 3.78. The van der Waals surface area contributed by atoms with Gasteiger partial charge in [-0.05, 0) is 42.9 Å². The molecule has 1 aromatic carbocycles. The van der Waals surface area contributed by atoms with E-state index in [9.17, 15) is 9.59 Å². The Balaban J connectivity index is 1.46. The second-order valence-corrected chi connectivity index (χ2v) is 7.17. The molecule has 0 spiro atoms. The number of piperidine rings is 1. The van der Waals surface area contributed by atoms with Crippen LogP contribution in [-0.2, 0) is 24.2 Å². The number of amides is 1. The maximum absolute atomic E-state index is 12.5. The smallest absolute Gasteiger partial charge is 0.335 e. The van der Waals surface area contributed by atoms with Crippen LogP contribution in [0.5, 0.6) is 0 Å². The molecule has 144 valence electrons. The first-order valence-electron chi connectivity index (χ1n) is 9.66. The Morgan fingerprint density at radius 3 is 2.74 bits per heavy atom. The average molecular weight is 369 g/mol. The number of aryl methyl sites for hydroxylation is 2. The third kappa shape index (κ3) is 4.96. The molecule has 1 aliphatic rings. The Labute approximate surface area is 159 Å². The van der Waals surface area contributed by atoms with E-state index in [-0.39, 0.29) is 5.91 Å². The van der Waals surface area contributed by atoms with E-state index < -0.39 is 5.97 Å². The number of aromatic carboxylic acids is 1. The van der Waals surface area contributed by atoms with Crippen molar-refractivity contribution in [3.05, 3.63) is 53.6 Å². The summed E-state index contributed by atoms with van der Waals surface area (Å²) in [7, 11) is 0. The first-order chi connectivity index (χ1) is 13.1. The molecule has 6 nitrogen and oxygen atoms in total. The van der Waals surface area contributed by atoms with E-state index in [2.05, 4.69) is 16.5 Å². The van der Waals surface area contributed by atoms with E-state index in [1.165, 1.54) is 0 Å². The summed E-state index contributed by atoms with van der Waals surface area (Å²) >= 11 is 0. The van der Waals surface area contributed by atoms with E-state index in [1.54, 1.807) is 24.4 Å². The van der Waals surface area contributed by atoms with Gasteiger partial charge in [-0.25, -0.2) is 9.78 Å². The Kier molecular flexibility index (Phi) is 6.27. The van der Waals surface area contributed by atoms with Gasteiger partial charge in [0.2, 0.25) is 5.91 Å². The molecule has 0 radical (unpaired) electrons. The third-order valence-electron chi connectivity index (χ3n) is 5.35. The van der Waals surface area contributed by atoms with Crippen LogP contribution in [0, 0.1) is 5.92 Å². The molecule has 0 aliphatic carbocycles. The van der Waals surface area contributed by atoms with Gasteiger partial charge in [-0.2, -0.15) is 0 Å². The number of hydrogen-bond acceptors (Lipinski definition) is 3. The normalized spacial score (nSPS) is 15.1. The van der Waals surface area contributed by atoms with E-state index in [0.29, 0.717) is 24.4 Å². The average Bonchev–Trinajstić information content (AvgIpc) is 3.14. The number of likely N-dealkylation sites (tertiary alicyclic amines) is 1. The molecule has 2 aromatic rings. The van der Waals surface area contributed by atoms with Crippen LogP contribution < -0.4 is 0 Å². The number of hydrogen-bond donors (Lipinski definition) is 1. The molecule has 0 atom stereocenters. The van der Waals surface area contributed by atoms with E-state index >= 15 is 0 Å². The highest BCUT2D eigenvalue weighted by Crippen LogP contribution is 2.23. The predicted molar refractivity (Wildman–Crippen MR) is 103 cm³/mol. The fraction of sp³-hybridized carbons (Fsp3) is 0.476. The zero-order valence-electron chi connectivity index (χ0n) is 15.8. The minimum absolute atomic E-state index is 0.206. The first-order valence-corrected chi connectivity index (χ1v) is 9.66. The number of carbonyl (C=O) groups is 2. The minimum Gasteiger partial charge on any atom is -0.478 e. The molecule has 0 bridgehead atoms. The number of aromatic nitrogens is 2. The standard InChI is InChI=1S/C21H27N3O3/c1-2-19-22-9-13-23(19)12-8-20(25)24-10-6-16(7-11-24)14-17-4-3-5-18(15-17)21(26)27/h3-5,9,13,15-16H,2,6-8,10-12,14H2,1H3,(H,26,27). The molecular formula is C21H27N3O3. The lowest BCUT2D eigenvalue weighted by molar-refractivity contribution is -0.132. The molecule has 1 aromatic heterocycles. The molecular weight excluding hydrogens is 342 g/mol. The molecule has 1 fully saturated rings. The summed E-state index contributed by atoms with van der Waals surface area (Å²) < 4.78 is 2.06. The summed E-state index contributed by atoms with van der Waals surface area (Å²) in [6, 6.07) is 7.17. The van der Waals surface area contributed by atoms with Crippen molar-refractivity contribution in [1.82, 2.24) is 14.5 Å². The first kappa shape index (κ1) is 19.1. The van der Waals surface area contributed by atoms with Gasteiger partial charge < -0.3 is 14.6 Å². The monoisotopic (exact) mass is 369 g/mol. The van der Waals surface area contributed by atoms with Crippen molar-refractivity contribution in [2.24, 2.45) is 5.92 Å². The maximum atomic E-state index is 12.5. The highest BCUT2D eigenvalue weighted by Gasteiger charge is 2.23. The second kappa shape index (κ2) is 8.84. The minimum atomic E-state index is -0.888. The zero-order valence-corrected chi connectivity index (χ0v) is 15.8. The summed E-state index contributed by atoms with van der Waals surface area (Å²) in [6.07, 6.45) is 7.91. The molecule has 0 unspecified atom stereocenters. The van der Waals surface area contributed by atoms with Gasteiger partial charge >= 0.3 is 5.97 Å². The second-order valence-electron chi connectivity index (χ2n) is 7.17. The van der Waals surface area contributed by atoms with E-state index in [4.69, 9.17) is 5.11 Å². The third-order valence-corrected chi connectivity index (χ3v) is 5.35. The summed E-state index contributed by atoms with van der Waals surface area (Å²) in [6.45, 7) is 4.32. The van der Waals surface area contributed by atoms with Gasteiger partial charge in [-0.3, -0.25) is 4.79 Å². The molecule has 1 N–H and O–H groups in total. The number of carboxylic acids is 1. The summed E-state index contributed by atoms with van der Waals surface area (Å²) in [4.78, 5) is 29.9. The van der Waals surface area contributed by atoms with Crippen LogP contribution in [0.1, 0.15) is 47.9 Å². The van der Waals surface area contributed by atoms with Crippen molar-refractivity contribution in [3.8, 4) is 0 Å². The summed E-state index contributed by atoms with van der Waals surface area (Å²) in [5.41, 5.74) is 1.40. The Hall–Kier alpha value is -2.63. The number of nitrogens with zero attached hydrogens (tertiary/aromatic N) is 3. The van der Waals surface area contributed by atoms with Crippen LogP contribution in [-0.4, -0.2) is 44.5 Å². The molecule has 3 rings (SSSR count). The molecule has 1 aliphatic heterocycles. The fourth-order valence-electron chi connectivity index (χ4n) is 3.78. The van der Waals surface area contributed by atoms with Gasteiger partial charge in [0.25, 0.3) is 0 Å². The van der Waals surface area contributed by atoms with Gasteiger partial charge in [-0.15, -0.1) is 0 Å². The van der Waals surface area contributed by atoms with Crippen molar-refractivity contribution in [2.75, 3.05) is 13.1 Å². The van der Waals surface area contributed by atoms with Crippen molar-refractivity contribution in [2.45, 2.75) is 45.6 Å². The van der Waals surface area contributed by atoms with Gasteiger partial charge in [-0.1, -0.05) is 19.1 Å². The van der Waals surface area contributed by atoms with Crippen molar-refractivity contribution < 1.29 is 14.7 Å². The lowest BCUT2D eigenvalue weighted by atomic mass is 9.89. The van der Waals surface area contributed by atoms with Crippen LogP contribution in [0.25, 0.3) is 0 Å². The Morgan fingerprint density at radius 1 is 1.26 bits per heavy atom. The van der Waals surface area contributed by atoms with Crippen LogP contribution in [0.15, 0.2) is 36.7 Å². The number of imidazole rings is 1. The van der Waals surface area contributed by atoms with Crippen molar-refractivity contribution in [1.29, 1.82) is 0 Å². The predicted octanol–water partition coefficient (Wildman–Crippen LogP) is 3.02. The largest absolute Gasteiger partial charge is 0.478 e. The van der Waals surface area contributed by atoms with E-state index in [1.807, 2.05) is 17.2 Å². The highest BCUT2D eigenvalue weighted by molar-refractivity contribution is 5.87. The lowest BCUT2D eigenvalue weighted by Crippen LogP contribution is -2.39. The van der Waals surface area contributed by atoms with Crippen LogP contribution in [0.4, 0.5) is 0 Å². The molecule has 27 heavy (non-hydrogen) atoms. The van der Waals surface area contributed by atoms with Gasteiger partial charge in [0.1, 0.15) is 5.82 Å². The van der Waals surface area contributed by atoms with Gasteiger partial charge in [0, 0.05) is 44.9 Å². The Morgan fingerprint density at radius 2 is 2.04 bits per heavy atom. The Bertz CT molecular complexity index is 791. The number of carboxylic acid groups (broad SMARTS) is 1. The van der Waals surface area contributed by atoms with Gasteiger partial charge in [0.05, 0.1) is 5.56 Å². The molecule has 0 saturated carbocycles. The van der Waals surface area contributed by atoms with E-state index in [0.717, 1.165) is 50.2 Å². The molecule has 1 amide bonds. The van der Waals surface area contributed by atoms with Crippen molar-refractivity contribution in [3.63, 3.8) is 0 Å². The summed E-state index contributed by atoms with van der Waals surface area (Å²) in [5, 5.41) is 9.11. The number of rotatable bonds is 7. The van der Waals surface area contributed by atoms with Gasteiger partial charge in [0.15, 0.2) is 0 Å². The number of carbonyl (C=O) groups excluding carboxylic acids is 1. The molecule has 6 heteroatoms. The number of benzene rings is 1. The lowest BCUT2D eigenvalue weighted by Gasteiger charge is -2.32. The zero-order chi connectivity index (χ0) is 19.2. The maximum Gasteiger partial charge on any atom is 0.335 e. The SMILES string of the molecule is CCc1nccn1CCC(=O)N1CCC(Cc2cccc(C(=O)O)c2)CC1. The highest BCUT2D eigenvalue weighted by atomic mass is 16.4. The van der Waals surface area contributed by atoms with Crippen LogP contribution in [0.2, 0.25) is 0 Å². The quantitative estimate of drug-likeness (QED) is 0.814. The summed E-state index contributed by atoms with van der Waals surface area (Å²) in [5.74, 6) is 0.835. The van der Waals surface area contributed by atoms with Crippen LogP contribution >= 0.6 is 0 Å². The molecule has 2 heterocycles. The van der Waals surface area contributed by atoms with Crippen LogP contribution in [0.3, 0.4) is 0 Å². The molecule has 1 saturated heterocycles. The topological polar surface area (TPSA) is 75.4 Å². The van der Waals surface area contributed by atoms with Crippen molar-refractivity contribution >= 4 is 11.9 Å².